The van der Waals surface area contributed by atoms with Gasteiger partial charge in [-0.25, -0.2) is 14.3 Å². The maximum atomic E-state index is 12.3. The third kappa shape index (κ3) is 6.16. The van der Waals surface area contributed by atoms with Crippen molar-refractivity contribution >= 4 is 11.7 Å². The first-order valence-electron chi connectivity index (χ1n) is 10.0. The lowest BCUT2D eigenvalue weighted by Crippen LogP contribution is -2.31. The lowest BCUT2D eigenvalue weighted by Gasteiger charge is -2.09. The van der Waals surface area contributed by atoms with Crippen LogP contribution in [0.25, 0.3) is 0 Å². The van der Waals surface area contributed by atoms with Crippen molar-refractivity contribution < 1.29 is 14.3 Å². The fraction of sp³-hybridized carbons (Fsp3) is 0.550. The summed E-state index contributed by atoms with van der Waals surface area (Å²) in [6.07, 6.45) is 3.61. The Morgan fingerprint density at radius 1 is 1.28 bits per heavy atom. The summed E-state index contributed by atoms with van der Waals surface area (Å²) in [5.74, 6) is 0.873. The average Bonchev–Trinajstić information content (AvgIpc) is 3.05. The fourth-order valence-corrected chi connectivity index (χ4v) is 3.27. The molecule has 0 bridgehead atoms. The van der Waals surface area contributed by atoms with Crippen LogP contribution >= 0.6 is 0 Å². The van der Waals surface area contributed by atoms with Crippen LogP contribution in [0.5, 0.6) is 0 Å². The van der Waals surface area contributed by atoms with Crippen LogP contribution in [0.3, 0.4) is 0 Å². The Hall–Kier alpha value is -2.65. The second-order valence-electron chi connectivity index (χ2n) is 7.01. The smallest absolute Gasteiger partial charge is 0.345 e. The Morgan fingerprint density at radius 3 is 3.00 bits per heavy atom. The maximum absolute atomic E-state index is 12.3. The molecule has 9 nitrogen and oxygen atoms in total. The number of rotatable bonds is 10. The van der Waals surface area contributed by atoms with Crippen LogP contribution in [0.15, 0.2) is 29.1 Å². The first-order valence-corrected chi connectivity index (χ1v) is 10.0. The number of methoxy groups -OCH3 is 1. The number of anilines is 1. The van der Waals surface area contributed by atoms with E-state index in [2.05, 4.69) is 15.7 Å². The number of nitrogens with zero attached hydrogens (tertiary/aromatic N) is 3. The van der Waals surface area contributed by atoms with Gasteiger partial charge in [0.1, 0.15) is 5.82 Å². The zero-order valence-electron chi connectivity index (χ0n) is 16.9. The van der Waals surface area contributed by atoms with Crippen molar-refractivity contribution in [3.8, 4) is 0 Å². The molecule has 3 rings (SSSR count). The number of nitrogens with one attached hydrogen (secondary N) is 2. The molecule has 1 aromatic heterocycles. The molecule has 1 aliphatic rings. The molecule has 0 aliphatic carbocycles. The SMILES string of the molecule is COCCOCc1cccc(NC(=O)NCCCn2nc3n(c2=O)CCCC3)c1. The number of fused-ring (bicyclic) bond motifs is 1. The molecule has 1 aromatic carbocycles. The van der Waals surface area contributed by atoms with Gasteiger partial charge in [-0.2, -0.15) is 5.10 Å². The number of aryl methyl sites for hydroxylation is 2. The van der Waals surface area contributed by atoms with Gasteiger partial charge in [0.25, 0.3) is 0 Å². The number of carbonyl (C=O) groups excluding carboxylic acids is 1. The van der Waals surface area contributed by atoms with Crippen LogP contribution in [0.2, 0.25) is 0 Å². The monoisotopic (exact) mass is 403 g/mol. The molecule has 0 saturated heterocycles. The number of carbonyl (C=O) groups is 1. The molecule has 1 aliphatic heterocycles. The highest BCUT2D eigenvalue weighted by molar-refractivity contribution is 5.89. The molecule has 2 aromatic rings. The molecule has 0 radical (unpaired) electrons. The van der Waals surface area contributed by atoms with Gasteiger partial charge in [-0.15, -0.1) is 0 Å². The average molecular weight is 403 g/mol. The summed E-state index contributed by atoms with van der Waals surface area (Å²) in [6, 6.07) is 7.24. The van der Waals surface area contributed by atoms with Gasteiger partial charge in [0.05, 0.1) is 19.8 Å². The molecule has 0 spiro atoms. The summed E-state index contributed by atoms with van der Waals surface area (Å²) in [7, 11) is 1.63. The quantitative estimate of drug-likeness (QED) is 0.589. The highest BCUT2D eigenvalue weighted by Gasteiger charge is 2.16. The third-order valence-electron chi connectivity index (χ3n) is 4.75. The minimum Gasteiger partial charge on any atom is -0.382 e. The van der Waals surface area contributed by atoms with Crippen molar-refractivity contribution in [1.82, 2.24) is 19.7 Å². The van der Waals surface area contributed by atoms with Crippen molar-refractivity contribution in [3.63, 3.8) is 0 Å². The van der Waals surface area contributed by atoms with Crippen LogP contribution in [-0.2, 0) is 35.6 Å². The van der Waals surface area contributed by atoms with E-state index in [0.29, 0.717) is 45.0 Å². The molecule has 0 fully saturated rings. The minimum absolute atomic E-state index is 0.0475. The van der Waals surface area contributed by atoms with Crippen molar-refractivity contribution in [2.24, 2.45) is 0 Å². The van der Waals surface area contributed by atoms with Gasteiger partial charge in [-0.3, -0.25) is 4.57 Å². The van der Waals surface area contributed by atoms with Crippen LogP contribution in [0, 0.1) is 0 Å². The van der Waals surface area contributed by atoms with Gasteiger partial charge in [0, 0.05) is 38.9 Å². The largest absolute Gasteiger partial charge is 0.382 e. The van der Waals surface area contributed by atoms with E-state index in [9.17, 15) is 9.59 Å². The predicted molar refractivity (Wildman–Crippen MR) is 109 cm³/mol. The van der Waals surface area contributed by atoms with Gasteiger partial charge in [-0.1, -0.05) is 12.1 Å². The molecule has 0 unspecified atom stereocenters. The van der Waals surface area contributed by atoms with E-state index in [-0.39, 0.29) is 11.7 Å². The number of hydrogen-bond donors (Lipinski definition) is 2. The van der Waals surface area contributed by atoms with E-state index < -0.39 is 0 Å². The standard InChI is InChI=1S/C20H29N5O4/c1-28-12-13-29-15-16-6-4-7-17(14-16)22-19(26)21-9-5-11-25-20(27)24-10-3-2-8-18(24)23-25/h4,6-7,14H,2-3,5,8-13,15H2,1H3,(H2,21,22,26). The summed E-state index contributed by atoms with van der Waals surface area (Å²) in [5, 5.41) is 10.0. The highest BCUT2D eigenvalue weighted by atomic mass is 16.5. The van der Waals surface area contributed by atoms with Crippen LogP contribution < -0.4 is 16.3 Å². The molecule has 2 amide bonds. The molecule has 9 heteroatoms. The predicted octanol–water partition coefficient (Wildman–Crippen LogP) is 1.76. The van der Waals surface area contributed by atoms with Crippen LogP contribution in [0.1, 0.15) is 30.7 Å². The Morgan fingerprint density at radius 2 is 2.17 bits per heavy atom. The number of urea groups is 1. The van der Waals surface area contributed by atoms with E-state index in [0.717, 1.165) is 37.2 Å². The molecule has 0 atom stereocenters. The number of hydrogen-bond acceptors (Lipinski definition) is 5. The molecule has 0 saturated carbocycles. The highest BCUT2D eigenvalue weighted by Crippen LogP contribution is 2.12. The van der Waals surface area contributed by atoms with Gasteiger partial charge in [0.15, 0.2) is 0 Å². The normalized spacial score (nSPS) is 13.1. The molecule has 2 N–H and O–H groups in total. The zero-order valence-corrected chi connectivity index (χ0v) is 16.9. The van der Waals surface area contributed by atoms with E-state index in [1.807, 2.05) is 24.3 Å². The van der Waals surface area contributed by atoms with Crippen LogP contribution in [0.4, 0.5) is 10.5 Å². The second-order valence-corrected chi connectivity index (χ2v) is 7.01. The Bertz CT molecular complexity index is 861. The van der Waals surface area contributed by atoms with E-state index in [4.69, 9.17) is 9.47 Å². The maximum Gasteiger partial charge on any atom is 0.345 e. The third-order valence-corrected chi connectivity index (χ3v) is 4.75. The zero-order chi connectivity index (χ0) is 20.5. The van der Waals surface area contributed by atoms with Gasteiger partial charge in [-0.05, 0) is 37.0 Å². The molecule has 158 valence electrons. The van der Waals surface area contributed by atoms with Gasteiger partial charge >= 0.3 is 11.7 Å². The molecule has 29 heavy (non-hydrogen) atoms. The minimum atomic E-state index is -0.279. The van der Waals surface area contributed by atoms with Gasteiger partial charge < -0.3 is 20.1 Å². The van der Waals surface area contributed by atoms with E-state index in [1.165, 1.54) is 4.68 Å². The first kappa shape index (κ1) is 21.1. The summed E-state index contributed by atoms with van der Waals surface area (Å²) >= 11 is 0. The summed E-state index contributed by atoms with van der Waals surface area (Å²) in [6.45, 7) is 3.24. The first-order chi connectivity index (χ1) is 14.2. The van der Waals surface area contributed by atoms with E-state index >= 15 is 0 Å². The van der Waals surface area contributed by atoms with E-state index in [1.54, 1.807) is 11.7 Å². The Labute approximate surface area is 170 Å². The van der Waals surface area contributed by atoms with Crippen LogP contribution in [-0.4, -0.2) is 47.2 Å². The lowest BCUT2D eigenvalue weighted by molar-refractivity contribution is 0.0617. The Balaban J connectivity index is 1.39. The summed E-state index contributed by atoms with van der Waals surface area (Å²) in [4.78, 5) is 24.4. The number of benzene rings is 1. The van der Waals surface area contributed by atoms with Crippen molar-refractivity contribution in [3.05, 3.63) is 46.1 Å². The molecular weight excluding hydrogens is 374 g/mol. The lowest BCUT2D eigenvalue weighted by atomic mass is 10.2. The van der Waals surface area contributed by atoms with Crippen molar-refractivity contribution in [2.75, 3.05) is 32.2 Å². The molecular formula is C20H29N5O4. The molecule has 2 heterocycles. The summed E-state index contributed by atoms with van der Waals surface area (Å²) in [5.41, 5.74) is 1.63. The number of aromatic nitrogens is 3. The summed E-state index contributed by atoms with van der Waals surface area (Å²) < 4.78 is 13.7. The number of amides is 2. The van der Waals surface area contributed by atoms with Crippen molar-refractivity contribution in [2.45, 2.75) is 45.4 Å². The Kier molecular flexibility index (Phi) is 7.83. The topological polar surface area (TPSA) is 99.4 Å². The fourth-order valence-electron chi connectivity index (χ4n) is 3.27. The van der Waals surface area contributed by atoms with Gasteiger partial charge in [0.2, 0.25) is 0 Å². The number of ether oxygens (including phenoxy) is 2. The second kappa shape index (κ2) is 10.8. The van der Waals surface area contributed by atoms with Crippen molar-refractivity contribution in [1.29, 1.82) is 0 Å².